The number of aliphatic hydroxyl groups excluding tert-OH is 3. The number of amides is 4. The zero-order valence-corrected chi connectivity index (χ0v) is 39.2. The summed E-state index contributed by atoms with van der Waals surface area (Å²) >= 11 is 0. The normalized spacial score (nSPS) is 32.6. The third-order valence-corrected chi connectivity index (χ3v) is 14.2. The van der Waals surface area contributed by atoms with E-state index in [4.69, 9.17) is 28.8 Å². The predicted molar refractivity (Wildman–Crippen MR) is 232 cm³/mol. The fraction of sp³-hybridized carbons (Fsp3) is 0.652. The molecule has 2 heterocycles. The van der Waals surface area contributed by atoms with Gasteiger partial charge in [-0.1, -0.05) is 44.2 Å². The van der Waals surface area contributed by atoms with Gasteiger partial charge in [0, 0.05) is 31.7 Å². The van der Waals surface area contributed by atoms with Gasteiger partial charge in [-0.15, -0.1) is 0 Å². The van der Waals surface area contributed by atoms with Crippen LogP contribution >= 0.6 is 0 Å². The van der Waals surface area contributed by atoms with Gasteiger partial charge in [0.25, 0.3) is 0 Å². The molecular formula is C46H62N4O18. The maximum absolute atomic E-state index is 15.2. The lowest BCUT2D eigenvalue weighted by Gasteiger charge is -2.67. The van der Waals surface area contributed by atoms with Crippen molar-refractivity contribution in [3.63, 3.8) is 0 Å². The van der Waals surface area contributed by atoms with Crippen LogP contribution in [0.1, 0.15) is 92.7 Å². The van der Waals surface area contributed by atoms with Crippen LogP contribution in [-0.4, -0.2) is 164 Å². The number of fused-ring (bicyclic) bond motifs is 5. The zero-order chi connectivity index (χ0) is 50.5. The van der Waals surface area contributed by atoms with Crippen molar-refractivity contribution in [2.75, 3.05) is 26.2 Å². The van der Waals surface area contributed by atoms with Crippen LogP contribution in [0.4, 0.5) is 9.59 Å². The standard InChI is InChI=1S/C46H62N4O18/c1-22-26(65-39(60)34(57)32(24-13-10-9-11-14-24)49-40(61)68-42(3,4)5)18-46(63)37(66-41(62)50-16-12-15-25(50)38(59)48-19-29(53)47-20-30(54)55)35-44(8,36(58)33(56)31(22)43(46,6)7)27(52)17-28-45(35,21-64-28)67-23(2)51/h9-11,13-14,25-28,32-35,37,52,56-57,63H,12,15-21H2,1-8H3,(H,47,53)(H,48,59)(H,49,61)(H,54,55)/t25-,26-,27-,28?,32-,33+,34+,35?,37-,44+,45-,46+/m0/s1. The number of carbonyl (C=O) groups excluding carboxylic acids is 7. The smallest absolute Gasteiger partial charge is 0.410 e. The molecule has 2 bridgehead atoms. The van der Waals surface area contributed by atoms with Crippen LogP contribution in [0, 0.1) is 16.7 Å². The van der Waals surface area contributed by atoms with Crippen molar-refractivity contribution >= 4 is 47.7 Å². The second-order valence-electron chi connectivity index (χ2n) is 19.9. The van der Waals surface area contributed by atoms with Crippen LogP contribution < -0.4 is 16.0 Å². The van der Waals surface area contributed by atoms with Gasteiger partial charge in [0.2, 0.25) is 11.8 Å². The number of alkyl carbamates (subject to hydrolysis) is 1. The lowest BCUT2D eigenvalue weighted by Crippen LogP contribution is -2.82. The molecule has 0 aromatic heterocycles. The first-order valence-electron chi connectivity index (χ1n) is 22.4. The highest BCUT2D eigenvalue weighted by atomic mass is 16.6. The van der Waals surface area contributed by atoms with E-state index in [0.717, 1.165) is 11.8 Å². The van der Waals surface area contributed by atoms with Gasteiger partial charge in [0.1, 0.15) is 48.2 Å². The van der Waals surface area contributed by atoms with Gasteiger partial charge in [-0.25, -0.2) is 14.4 Å². The number of carboxylic acid groups (broad SMARTS) is 1. The number of hydrogen-bond acceptors (Lipinski definition) is 17. The largest absolute Gasteiger partial charge is 0.480 e. The first-order chi connectivity index (χ1) is 31.6. The molecule has 4 fully saturated rings. The Bertz CT molecular complexity index is 2230. The summed E-state index contributed by atoms with van der Waals surface area (Å²) in [5.41, 5.74) is -9.19. The minimum absolute atomic E-state index is 0.0677. The minimum atomic E-state index is -2.54. The highest BCUT2D eigenvalue weighted by Crippen LogP contribution is 2.64. The number of nitrogens with zero attached hydrogens (tertiary/aromatic N) is 1. The fourth-order valence-electron chi connectivity index (χ4n) is 10.8. The van der Waals surface area contributed by atoms with Crippen molar-refractivity contribution in [1.82, 2.24) is 20.9 Å². The summed E-state index contributed by atoms with van der Waals surface area (Å²) in [6, 6.07) is 5.25. The zero-order valence-electron chi connectivity index (χ0n) is 39.2. The molecule has 22 heteroatoms. The Kier molecular flexibility index (Phi) is 14.5. The van der Waals surface area contributed by atoms with Crippen LogP contribution in [0.25, 0.3) is 0 Å². The van der Waals surface area contributed by atoms with Gasteiger partial charge in [0.15, 0.2) is 17.5 Å². The van der Waals surface area contributed by atoms with E-state index in [1.54, 1.807) is 39.0 Å². The highest BCUT2D eigenvalue weighted by molar-refractivity contribution is 5.94. The van der Waals surface area contributed by atoms with Gasteiger partial charge in [-0.05, 0) is 64.2 Å². The van der Waals surface area contributed by atoms with Crippen LogP contribution in [0.3, 0.4) is 0 Å². The number of Topliss-reactive ketones (excluding diaryl/α,β-unsaturated/α-hetero) is 1. The molecule has 8 N–H and O–H groups in total. The molecule has 0 spiro atoms. The summed E-state index contributed by atoms with van der Waals surface area (Å²) in [6.45, 7) is 9.78. The molecule has 1 aromatic rings. The Hall–Kier alpha value is -5.68. The Morgan fingerprint density at radius 3 is 2.24 bits per heavy atom. The van der Waals surface area contributed by atoms with Crippen molar-refractivity contribution in [3.05, 3.63) is 47.0 Å². The molecule has 374 valence electrons. The number of carboxylic acids is 1. The van der Waals surface area contributed by atoms with E-state index in [1.807, 2.05) is 0 Å². The third-order valence-electron chi connectivity index (χ3n) is 14.2. The van der Waals surface area contributed by atoms with Gasteiger partial charge in [-0.3, -0.25) is 28.9 Å². The molecule has 4 amide bonds. The molecule has 12 atom stereocenters. The maximum atomic E-state index is 15.2. The Balaban J connectivity index is 1.44. The van der Waals surface area contributed by atoms with E-state index in [1.165, 1.54) is 39.8 Å². The molecule has 3 aliphatic carbocycles. The minimum Gasteiger partial charge on any atom is -0.480 e. The number of nitrogens with one attached hydrogen (secondary N) is 3. The van der Waals surface area contributed by atoms with Crippen LogP contribution in [0.2, 0.25) is 0 Å². The van der Waals surface area contributed by atoms with Gasteiger partial charge in [-0.2, -0.15) is 0 Å². The van der Waals surface area contributed by atoms with E-state index in [2.05, 4.69) is 16.0 Å². The number of likely N-dealkylation sites (tertiary alicyclic amines) is 1. The number of benzene rings is 1. The number of rotatable bonds is 12. The number of aliphatic hydroxyl groups is 4. The number of ether oxygens (including phenoxy) is 5. The molecule has 6 rings (SSSR count). The topological polar surface area (TPSA) is 323 Å². The van der Waals surface area contributed by atoms with E-state index in [9.17, 15) is 54.0 Å². The first kappa shape index (κ1) is 51.7. The van der Waals surface area contributed by atoms with E-state index >= 15 is 4.79 Å². The van der Waals surface area contributed by atoms with Crippen LogP contribution in [-0.2, 0) is 52.5 Å². The number of esters is 2. The molecular weight excluding hydrogens is 897 g/mol. The molecule has 5 aliphatic rings. The molecule has 2 saturated carbocycles. The van der Waals surface area contributed by atoms with E-state index < -0.39 is 156 Å². The summed E-state index contributed by atoms with van der Waals surface area (Å²) in [5, 5.41) is 65.5. The Morgan fingerprint density at radius 2 is 1.65 bits per heavy atom. The Labute approximate surface area is 392 Å². The Morgan fingerprint density at radius 1 is 0.985 bits per heavy atom. The van der Waals surface area contributed by atoms with E-state index in [-0.39, 0.29) is 42.5 Å². The monoisotopic (exact) mass is 958 g/mol. The molecule has 68 heavy (non-hydrogen) atoms. The quantitative estimate of drug-likeness (QED) is 0.0795. The third kappa shape index (κ3) is 9.39. The molecule has 2 aliphatic heterocycles. The summed E-state index contributed by atoms with van der Waals surface area (Å²) in [7, 11) is 0. The van der Waals surface area contributed by atoms with Crippen LogP contribution in [0.15, 0.2) is 41.5 Å². The number of aliphatic carboxylic acids is 1. The maximum Gasteiger partial charge on any atom is 0.410 e. The van der Waals surface area contributed by atoms with Gasteiger partial charge in [0.05, 0.1) is 36.6 Å². The van der Waals surface area contributed by atoms with Crippen molar-refractivity contribution < 1.29 is 87.6 Å². The predicted octanol–water partition coefficient (Wildman–Crippen LogP) is 0.321. The van der Waals surface area contributed by atoms with Gasteiger partial charge < -0.3 is 65.2 Å². The lowest BCUT2D eigenvalue weighted by atomic mass is 9.44. The highest BCUT2D eigenvalue weighted by Gasteiger charge is 2.78. The second kappa shape index (κ2) is 19.0. The SMILES string of the molecule is CC(=O)O[C@@]12COC1C[C@H](O)[C@@]1(C)C(=O)[C@H](O)C3=C(C)[C@@H](OC(=O)[C@H](O)[C@@H](NC(=O)OC(C)(C)C)c4ccccc4)C[C@@](O)([C@@H](OC(=O)N4CCC[C@H]4C(=O)NCC(=O)NCC(=O)O)C21)C3(C)C. The molecule has 0 radical (unpaired) electrons. The summed E-state index contributed by atoms with van der Waals surface area (Å²) in [4.78, 5) is 108. The van der Waals surface area contributed by atoms with Crippen molar-refractivity contribution in [2.24, 2.45) is 16.7 Å². The molecule has 2 unspecified atom stereocenters. The van der Waals surface area contributed by atoms with E-state index in [0.29, 0.717) is 0 Å². The number of carbonyl (C=O) groups is 8. The van der Waals surface area contributed by atoms with Crippen molar-refractivity contribution in [2.45, 2.75) is 147 Å². The number of ketones is 1. The average Bonchev–Trinajstić information content (AvgIpc) is 3.75. The summed E-state index contributed by atoms with van der Waals surface area (Å²) in [5.74, 6) is -7.85. The summed E-state index contributed by atoms with van der Waals surface area (Å²) in [6.07, 6.45) is -13.5. The first-order valence-corrected chi connectivity index (χ1v) is 22.4. The van der Waals surface area contributed by atoms with Crippen molar-refractivity contribution in [1.29, 1.82) is 0 Å². The van der Waals surface area contributed by atoms with Gasteiger partial charge >= 0.3 is 30.1 Å². The lowest BCUT2D eigenvalue weighted by molar-refractivity contribution is -0.346. The second-order valence-corrected chi connectivity index (χ2v) is 19.9. The molecule has 22 nitrogen and oxygen atoms in total. The van der Waals surface area contributed by atoms with Crippen molar-refractivity contribution in [3.8, 4) is 0 Å². The summed E-state index contributed by atoms with van der Waals surface area (Å²) < 4.78 is 29.6. The number of hydrogen-bond donors (Lipinski definition) is 8. The average molecular weight is 959 g/mol. The molecule has 2 saturated heterocycles. The fourth-order valence-corrected chi connectivity index (χ4v) is 10.8. The van der Waals surface area contributed by atoms with Crippen LogP contribution in [0.5, 0.6) is 0 Å². The molecule has 1 aromatic carbocycles.